The number of nitrogens with two attached hydrogens (primary N) is 1. The first kappa shape index (κ1) is 12.2. The van der Waals surface area contributed by atoms with Gasteiger partial charge < -0.3 is 5.73 Å². The zero-order valence-electron chi connectivity index (χ0n) is 10.5. The van der Waals surface area contributed by atoms with Gasteiger partial charge in [-0.25, -0.2) is 4.68 Å². The zero-order chi connectivity index (χ0) is 13.6. The fourth-order valence-corrected chi connectivity index (χ4v) is 2.42. The first-order valence-corrected chi connectivity index (χ1v) is 6.89. The van der Waals surface area contributed by atoms with Gasteiger partial charge >= 0.3 is 0 Å². The van der Waals surface area contributed by atoms with Gasteiger partial charge in [-0.05, 0) is 31.9 Å². The molecule has 0 radical (unpaired) electrons. The van der Waals surface area contributed by atoms with Crippen LogP contribution >= 0.6 is 15.9 Å². The van der Waals surface area contributed by atoms with E-state index in [1.807, 2.05) is 28.9 Å². The summed E-state index contributed by atoms with van der Waals surface area (Å²) in [5.74, 6) is 0.473. The summed E-state index contributed by atoms with van der Waals surface area (Å²) in [5.41, 5.74) is 8.11. The molecule has 1 saturated carbocycles. The number of rotatable bonds is 2. The largest absolute Gasteiger partial charge is 0.383 e. The molecule has 0 aliphatic heterocycles. The number of nitriles is 1. The lowest BCUT2D eigenvalue weighted by molar-refractivity contribution is 0.481. The summed E-state index contributed by atoms with van der Waals surface area (Å²) < 4.78 is 2.81. The van der Waals surface area contributed by atoms with Crippen molar-refractivity contribution >= 4 is 21.7 Å². The third-order valence-corrected chi connectivity index (χ3v) is 4.16. The lowest BCUT2D eigenvalue weighted by Crippen LogP contribution is -2.16. The van der Waals surface area contributed by atoms with Gasteiger partial charge in [0.25, 0.3) is 0 Å². The van der Waals surface area contributed by atoms with Gasteiger partial charge in [-0.1, -0.05) is 28.1 Å². The molecule has 1 aliphatic carbocycles. The standard InChI is InChI=1S/C14H13BrN4/c1-14(6-7-14)19-13(17)11(8-16)12(18-19)9-2-4-10(15)5-3-9/h2-5H,6-7,17H2,1H3. The molecule has 3 rings (SSSR count). The van der Waals surface area contributed by atoms with E-state index in [9.17, 15) is 5.26 Å². The molecule has 5 heteroatoms. The molecule has 0 unspecified atom stereocenters. The minimum atomic E-state index is -0.0106. The molecule has 4 nitrogen and oxygen atoms in total. The highest BCUT2D eigenvalue weighted by Gasteiger charge is 2.42. The van der Waals surface area contributed by atoms with Crippen molar-refractivity contribution in [2.45, 2.75) is 25.3 Å². The second-order valence-corrected chi connectivity index (χ2v) is 6.05. The number of nitrogens with zero attached hydrogens (tertiary/aromatic N) is 3. The quantitative estimate of drug-likeness (QED) is 0.924. The van der Waals surface area contributed by atoms with Gasteiger partial charge in [0.2, 0.25) is 0 Å². The zero-order valence-corrected chi connectivity index (χ0v) is 12.1. The average molecular weight is 317 g/mol. The Kier molecular flexibility index (Phi) is 2.64. The number of anilines is 1. The number of hydrogen-bond acceptors (Lipinski definition) is 3. The van der Waals surface area contributed by atoms with Crippen molar-refractivity contribution in [2.24, 2.45) is 0 Å². The van der Waals surface area contributed by atoms with Gasteiger partial charge in [-0.2, -0.15) is 10.4 Å². The maximum absolute atomic E-state index is 9.32. The van der Waals surface area contributed by atoms with Gasteiger partial charge in [-0.15, -0.1) is 0 Å². The van der Waals surface area contributed by atoms with E-state index in [1.165, 1.54) is 0 Å². The molecule has 96 valence electrons. The van der Waals surface area contributed by atoms with E-state index in [-0.39, 0.29) is 5.54 Å². The van der Waals surface area contributed by atoms with Crippen LogP contribution in [0.1, 0.15) is 25.3 Å². The molecule has 1 aromatic heterocycles. The Labute approximate surface area is 120 Å². The van der Waals surface area contributed by atoms with Gasteiger partial charge in [0.05, 0.1) is 5.54 Å². The topological polar surface area (TPSA) is 67.6 Å². The van der Waals surface area contributed by atoms with Crippen LogP contribution < -0.4 is 5.73 Å². The predicted octanol–water partition coefficient (Wildman–Crippen LogP) is 3.28. The molecule has 1 aromatic carbocycles. The van der Waals surface area contributed by atoms with E-state index < -0.39 is 0 Å². The summed E-state index contributed by atoms with van der Waals surface area (Å²) in [6.07, 6.45) is 2.12. The van der Waals surface area contributed by atoms with Crippen molar-refractivity contribution in [3.63, 3.8) is 0 Å². The number of benzene rings is 1. The Balaban J connectivity index is 2.16. The van der Waals surface area contributed by atoms with Crippen molar-refractivity contribution in [3.8, 4) is 17.3 Å². The Morgan fingerprint density at radius 2 is 2.00 bits per heavy atom. The highest BCUT2D eigenvalue weighted by Crippen LogP contribution is 2.45. The van der Waals surface area contributed by atoms with Gasteiger partial charge in [-0.3, -0.25) is 0 Å². The third kappa shape index (κ3) is 1.92. The van der Waals surface area contributed by atoms with Gasteiger partial charge in [0, 0.05) is 10.0 Å². The van der Waals surface area contributed by atoms with Crippen molar-refractivity contribution in [3.05, 3.63) is 34.3 Å². The molecule has 1 fully saturated rings. The van der Waals surface area contributed by atoms with E-state index in [0.717, 1.165) is 22.9 Å². The SMILES string of the molecule is CC1(n2nc(-c3ccc(Br)cc3)c(C#N)c2N)CC1. The van der Waals surface area contributed by atoms with Crippen LogP contribution in [0, 0.1) is 11.3 Å². The first-order chi connectivity index (χ1) is 9.05. The maximum Gasteiger partial charge on any atom is 0.141 e. The van der Waals surface area contributed by atoms with Crippen molar-refractivity contribution in [2.75, 3.05) is 5.73 Å². The number of aromatic nitrogens is 2. The van der Waals surface area contributed by atoms with Crippen LogP contribution in [-0.2, 0) is 5.54 Å². The highest BCUT2D eigenvalue weighted by atomic mass is 79.9. The molecular formula is C14H13BrN4. The van der Waals surface area contributed by atoms with Crippen LogP contribution in [0.15, 0.2) is 28.7 Å². The molecule has 0 bridgehead atoms. The highest BCUT2D eigenvalue weighted by molar-refractivity contribution is 9.10. The van der Waals surface area contributed by atoms with E-state index >= 15 is 0 Å². The number of hydrogen-bond donors (Lipinski definition) is 1. The molecule has 1 aliphatic rings. The number of nitrogen functional groups attached to an aromatic ring is 1. The molecule has 0 atom stereocenters. The van der Waals surface area contributed by atoms with Crippen LogP contribution in [0.2, 0.25) is 0 Å². The van der Waals surface area contributed by atoms with Crippen LogP contribution in [0.4, 0.5) is 5.82 Å². The monoisotopic (exact) mass is 316 g/mol. The van der Waals surface area contributed by atoms with E-state index in [2.05, 4.69) is 34.0 Å². The van der Waals surface area contributed by atoms with Crippen LogP contribution in [0.3, 0.4) is 0 Å². The Morgan fingerprint density at radius 3 is 2.53 bits per heavy atom. The second kappa shape index (κ2) is 4.10. The first-order valence-electron chi connectivity index (χ1n) is 6.10. The third-order valence-electron chi connectivity index (χ3n) is 3.64. The van der Waals surface area contributed by atoms with Gasteiger partial charge in [0.1, 0.15) is 23.1 Å². The normalized spacial score (nSPS) is 16.1. The lowest BCUT2D eigenvalue weighted by Gasteiger charge is -2.10. The minimum Gasteiger partial charge on any atom is -0.383 e. The minimum absolute atomic E-state index is 0.0106. The average Bonchev–Trinajstić information content (AvgIpc) is 3.04. The van der Waals surface area contributed by atoms with E-state index in [1.54, 1.807) is 0 Å². The molecule has 1 heterocycles. The summed E-state index contributed by atoms with van der Waals surface area (Å²) in [7, 11) is 0. The summed E-state index contributed by atoms with van der Waals surface area (Å²) >= 11 is 3.40. The van der Waals surface area contributed by atoms with E-state index in [0.29, 0.717) is 17.1 Å². The summed E-state index contributed by atoms with van der Waals surface area (Å²) in [4.78, 5) is 0. The van der Waals surface area contributed by atoms with E-state index in [4.69, 9.17) is 5.73 Å². The maximum atomic E-state index is 9.32. The van der Waals surface area contributed by atoms with Crippen molar-refractivity contribution in [1.29, 1.82) is 5.26 Å². The Hall–Kier alpha value is -1.80. The van der Waals surface area contributed by atoms with Crippen molar-refractivity contribution < 1.29 is 0 Å². The summed E-state index contributed by atoms with van der Waals surface area (Å²) in [6.45, 7) is 2.11. The Morgan fingerprint density at radius 1 is 1.37 bits per heavy atom. The molecule has 2 aromatic rings. The van der Waals surface area contributed by atoms with Crippen LogP contribution in [0.25, 0.3) is 11.3 Å². The summed E-state index contributed by atoms with van der Waals surface area (Å²) in [6, 6.07) is 9.92. The molecule has 2 N–H and O–H groups in total. The Bertz CT molecular complexity index is 675. The van der Waals surface area contributed by atoms with Gasteiger partial charge in [0.15, 0.2) is 0 Å². The number of halogens is 1. The molecule has 0 spiro atoms. The summed E-state index contributed by atoms with van der Waals surface area (Å²) in [5, 5.41) is 13.9. The van der Waals surface area contributed by atoms with Crippen molar-refractivity contribution in [1.82, 2.24) is 9.78 Å². The fourth-order valence-electron chi connectivity index (χ4n) is 2.16. The molecule has 19 heavy (non-hydrogen) atoms. The predicted molar refractivity (Wildman–Crippen MR) is 77.4 cm³/mol. The lowest BCUT2D eigenvalue weighted by atomic mass is 10.1. The second-order valence-electron chi connectivity index (χ2n) is 5.14. The molecule has 0 saturated heterocycles. The molecular weight excluding hydrogens is 304 g/mol. The van der Waals surface area contributed by atoms with Crippen LogP contribution in [0.5, 0.6) is 0 Å². The van der Waals surface area contributed by atoms with Crippen LogP contribution in [-0.4, -0.2) is 9.78 Å². The fraction of sp³-hybridized carbons (Fsp3) is 0.286. The molecule has 0 amide bonds. The smallest absolute Gasteiger partial charge is 0.141 e.